The minimum Gasteiger partial charge on any atom is -0.396 e. The van der Waals surface area contributed by atoms with Crippen LogP contribution in [0, 0.1) is 0 Å². The molecule has 1 aromatic heterocycles. The summed E-state index contributed by atoms with van der Waals surface area (Å²) >= 11 is 0. The largest absolute Gasteiger partial charge is 0.396 e. The number of aromatic nitrogens is 1. The first-order chi connectivity index (χ1) is 9.31. The molecule has 0 bridgehead atoms. The van der Waals surface area contributed by atoms with Crippen LogP contribution in [0.3, 0.4) is 0 Å². The summed E-state index contributed by atoms with van der Waals surface area (Å²) in [5, 5.41) is 12.9. The van der Waals surface area contributed by atoms with Crippen molar-refractivity contribution < 1.29 is 9.63 Å². The topological polar surface area (TPSA) is 72.3 Å². The number of hydrogen-bond acceptors (Lipinski definition) is 4. The van der Waals surface area contributed by atoms with E-state index in [0.717, 1.165) is 30.5 Å². The lowest BCUT2D eigenvalue weighted by Crippen LogP contribution is -2.13. The second-order valence-corrected chi connectivity index (χ2v) is 4.68. The number of nitrogens with zero attached hydrogens (tertiary/aromatic N) is 1. The van der Waals surface area contributed by atoms with E-state index in [0.29, 0.717) is 6.42 Å². The van der Waals surface area contributed by atoms with Crippen LogP contribution in [0.25, 0.3) is 0 Å². The molecule has 1 atom stereocenters. The van der Waals surface area contributed by atoms with Crippen LogP contribution >= 0.6 is 0 Å². The molecule has 1 aromatic carbocycles. The lowest BCUT2D eigenvalue weighted by molar-refractivity contribution is 0.298. The number of nitrogens with two attached hydrogens (primary N) is 1. The lowest BCUT2D eigenvalue weighted by Gasteiger charge is -2.10. The smallest absolute Gasteiger partial charge is 0.127 e. The average Bonchev–Trinajstić information content (AvgIpc) is 2.89. The van der Waals surface area contributed by atoms with Crippen molar-refractivity contribution in [1.29, 1.82) is 0 Å². The number of rotatable bonds is 7. The first-order valence-electron chi connectivity index (χ1n) is 6.64. The lowest BCUT2D eigenvalue weighted by atomic mass is 10.0. The highest BCUT2D eigenvalue weighted by atomic mass is 16.5. The SMILES string of the molecule is NC(CCCc1ccccc1)c1nocc1CCO. The van der Waals surface area contributed by atoms with Gasteiger partial charge in [-0.05, 0) is 24.8 Å². The molecule has 0 amide bonds. The predicted octanol–water partition coefficient (Wildman–Crippen LogP) is 2.23. The van der Waals surface area contributed by atoms with Crippen molar-refractivity contribution >= 4 is 0 Å². The van der Waals surface area contributed by atoms with E-state index >= 15 is 0 Å². The summed E-state index contributed by atoms with van der Waals surface area (Å²) in [6.45, 7) is 0.0882. The van der Waals surface area contributed by atoms with Gasteiger partial charge in [0.2, 0.25) is 0 Å². The molecular formula is C15H20N2O2. The summed E-state index contributed by atoms with van der Waals surface area (Å²) in [4.78, 5) is 0. The molecule has 0 saturated carbocycles. The number of benzene rings is 1. The monoisotopic (exact) mass is 260 g/mol. The maximum atomic E-state index is 8.96. The van der Waals surface area contributed by atoms with E-state index in [1.54, 1.807) is 6.26 Å². The van der Waals surface area contributed by atoms with Crippen LogP contribution in [-0.2, 0) is 12.8 Å². The van der Waals surface area contributed by atoms with Crippen molar-refractivity contribution in [3.8, 4) is 0 Å². The molecule has 1 heterocycles. The Hall–Kier alpha value is -1.65. The molecule has 0 fully saturated rings. The van der Waals surface area contributed by atoms with Gasteiger partial charge in [-0.15, -0.1) is 0 Å². The van der Waals surface area contributed by atoms with Crippen LogP contribution in [0.2, 0.25) is 0 Å². The average molecular weight is 260 g/mol. The number of hydrogen-bond donors (Lipinski definition) is 2. The standard InChI is InChI=1S/C15H20N2O2/c16-14(15-13(9-10-18)11-19-17-15)8-4-7-12-5-2-1-3-6-12/h1-3,5-6,11,14,18H,4,7-10,16H2. The first kappa shape index (κ1) is 13.8. The van der Waals surface area contributed by atoms with E-state index in [1.165, 1.54) is 5.56 Å². The Morgan fingerprint density at radius 1 is 1.21 bits per heavy atom. The normalized spacial score (nSPS) is 12.5. The van der Waals surface area contributed by atoms with Gasteiger partial charge in [-0.3, -0.25) is 0 Å². The van der Waals surface area contributed by atoms with Crippen LogP contribution in [0.1, 0.15) is 35.7 Å². The molecule has 0 aliphatic carbocycles. The highest BCUT2D eigenvalue weighted by Gasteiger charge is 2.15. The molecule has 1 unspecified atom stereocenters. The molecule has 0 saturated heterocycles. The molecule has 3 N–H and O–H groups in total. The van der Waals surface area contributed by atoms with Gasteiger partial charge in [-0.1, -0.05) is 35.5 Å². The van der Waals surface area contributed by atoms with Gasteiger partial charge in [0.05, 0.1) is 6.04 Å². The van der Waals surface area contributed by atoms with E-state index < -0.39 is 0 Å². The molecule has 0 radical (unpaired) electrons. The Bertz CT molecular complexity index is 482. The van der Waals surface area contributed by atoms with Gasteiger partial charge in [-0.25, -0.2) is 0 Å². The number of aliphatic hydroxyl groups excluding tert-OH is 1. The van der Waals surface area contributed by atoms with Crippen LogP contribution < -0.4 is 5.73 Å². The summed E-state index contributed by atoms with van der Waals surface area (Å²) in [7, 11) is 0. The maximum Gasteiger partial charge on any atom is 0.127 e. The van der Waals surface area contributed by atoms with Crippen LogP contribution in [0.5, 0.6) is 0 Å². The van der Waals surface area contributed by atoms with Crippen molar-refractivity contribution in [2.45, 2.75) is 31.7 Å². The van der Waals surface area contributed by atoms with E-state index in [4.69, 9.17) is 15.4 Å². The summed E-state index contributed by atoms with van der Waals surface area (Å²) in [6, 6.07) is 10.2. The van der Waals surface area contributed by atoms with Crippen molar-refractivity contribution in [2.24, 2.45) is 5.73 Å². The van der Waals surface area contributed by atoms with Gasteiger partial charge in [0.1, 0.15) is 12.0 Å². The summed E-state index contributed by atoms with van der Waals surface area (Å²) in [5.74, 6) is 0. The summed E-state index contributed by atoms with van der Waals surface area (Å²) < 4.78 is 4.94. The second kappa shape index (κ2) is 7.07. The Balaban J connectivity index is 1.84. The van der Waals surface area contributed by atoms with E-state index in [2.05, 4.69) is 17.3 Å². The first-order valence-corrected chi connectivity index (χ1v) is 6.64. The molecule has 2 aromatic rings. The fourth-order valence-corrected chi connectivity index (χ4v) is 2.19. The van der Waals surface area contributed by atoms with Crippen molar-refractivity contribution in [3.05, 3.63) is 53.4 Å². The number of aryl methyl sites for hydroxylation is 1. The van der Waals surface area contributed by atoms with Crippen LogP contribution in [-0.4, -0.2) is 16.9 Å². The fraction of sp³-hybridized carbons (Fsp3) is 0.400. The predicted molar refractivity (Wildman–Crippen MR) is 73.6 cm³/mol. The maximum absolute atomic E-state index is 8.96. The zero-order valence-corrected chi connectivity index (χ0v) is 11.0. The molecule has 0 aliphatic rings. The van der Waals surface area contributed by atoms with Gasteiger partial charge >= 0.3 is 0 Å². The Kier molecular flexibility index (Phi) is 5.12. The summed E-state index contributed by atoms with van der Waals surface area (Å²) in [6.07, 6.45) is 5.01. The molecule has 0 aliphatic heterocycles. The number of aliphatic hydroxyl groups is 1. The van der Waals surface area contributed by atoms with E-state index in [1.807, 2.05) is 18.2 Å². The molecule has 19 heavy (non-hydrogen) atoms. The molecule has 102 valence electrons. The third-order valence-corrected chi connectivity index (χ3v) is 3.23. The minimum atomic E-state index is -0.121. The van der Waals surface area contributed by atoms with Gasteiger partial charge in [-0.2, -0.15) is 0 Å². The molecule has 4 heteroatoms. The second-order valence-electron chi connectivity index (χ2n) is 4.68. The van der Waals surface area contributed by atoms with Gasteiger partial charge in [0.15, 0.2) is 0 Å². The van der Waals surface area contributed by atoms with Crippen molar-refractivity contribution in [1.82, 2.24) is 5.16 Å². The fourth-order valence-electron chi connectivity index (χ4n) is 2.19. The zero-order chi connectivity index (χ0) is 13.5. The van der Waals surface area contributed by atoms with E-state index in [9.17, 15) is 0 Å². The molecule has 0 spiro atoms. The minimum absolute atomic E-state index is 0.0882. The molecule has 2 rings (SSSR count). The van der Waals surface area contributed by atoms with Gasteiger partial charge in [0, 0.05) is 18.6 Å². The van der Waals surface area contributed by atoms with Crippen molar-refractivity contribution in [2.75, 3.05) is 6.61 Å². The van der Waals surface area contributed by atoms with Crippen molar-refractivity contribution in [3.63, 3.8) is 0 Å². The van der Waals surface area contributed by atoms with E-state index in [-0.39, 0.29) is 12.6 Å². The van der Waals surface area contributed by atoms with Gasteiger partial charge in [0.25, 0.3) is 0 Å². The highest BCUT2D eigenvalue weighted by Crippen LogP contribution is 2.20. The Morgan fingerprint density at radius 3 is 2.74 bits per heavy atom. The third-order valence-electron chi connectivity index (χ3n) is 3.23. The zero-order valence-electron chi connectivity index (χ0n) is 11.0. The molecular weight excluding hydrogens is 240 g/mol. The Morgan fingerprint density at radius 2 is 2.00 bits per heavy atom. The Labute approximate surface area is 113 Å². The quantitative estimate of drug-likeness (QED) is 0.800. The molecule has 4 nitrogen and oxygen atoms in total. The van der Waals surface area contributed by atoms with Crippen LogP contribution in [0.15, 0.2) is 41.1 Å². The third kappa shape index (κ3) is 3.91. The highest BCUT2D eigenvalue weighted by molar-refractivity contribution is 5.19. The van der Waals surface area contributed by atoms with Gasteiger partial charge < -0.3 is 15.4 Å². The summed E-state index contributed by atoms with van der Waals surface area (Å²) in [5.41, 5.74) is 9.15. The van der Waals surface area contributed by atoms with Crippen LogP contribution in [0.4, 0.5) is 0 Å².